The van der Waals surface area contributed by atoms with Crippen LogP contribution in [0, 0.1) is 5.82 Å². The number of benzene rings is 2. The lowest BCUT2D eigenvalue weighted by atomic mass is 9.95. The van der Waals surface area contributed by atoms with E-state index in [1.54, 1.807) is 18.2 Å². The monoisotopic (exact) mass is 468 g/mol. The Labute approximate surface area is 193 Å². The van der Waals surface area contributed by atoms with Crippen molar-refractivity contribution in [2.75, 3.05) is 19.1 Å². The molecule has 0 aliphatic carbocycles. The van der Waals surface area contributed by atoms with Crippen LogP contribution in [-0.4, -0.2) is 36.0 Å². The lowest BCUT2D eigenvalue weighted by Gasteiger charge is -2.26. The summed E-state index contributed by atoms with van der Waals surface area (Å²) in [6, 6.07) is 10.6. The van der Waals surface area contributed by atoms with Crippen LogP contribution >= 0.6 is 11.6 Å². The first-order valence-corrected chi connectivity index (χ1v) is 10.1. The SMILES string of the molecule is COc1ccc(C2/C(=C(\O)c3ccncc3)C(=O)C(=O)N2c2ccc(F)c(Cl)c2)cc1OC. The van der Waals surface area contributed by atoms with Crippen LogP contribution in [0.4, 0.5) is 10.1 Å². The number of aromatic nitrogens is 1. The number of carbonyl (C=O) groups is 2. The maximum absolute atomic E-state index is 13.8. The topological polar surface area (TPSA) is 89.0 Å². The molecule has 4 rings (SSSR count). The number of anilines is 1. The van der Waals surface area contributed by atoms with Gasteiger partial charge in [0.2, 0.25) is 0 Å². The largest absolute Gasteiger partial charge is 0.507 e. The van der Waals surface area contributed by atoms with E-state index in [9.17, 15) is 19.1 Å². The number of amides is 1. The normalized spacial score (nSPS) is 17.3. The lowest BCUT2D eigenvalue weighted by molar-refractivity contribution is -0.132. The Balaban J connectivity index is 1.98. The fourth-order valence-electron chi connectivity index (χ4n) is 3.74. The Morgan fingerprint density at radius 3 is 2.36 bits per heavy atom. The molecular weight excluding hydrogens is 451 g/mol. The molecule has 1 aliphatic rings. The number of hydrogen-bond acceptors (Lipinski definition) is 6. The molecule has 7 nitrogen and oxygen atoms in total. The van der Waals surface area contributed by atoms with Crippen molar-refractivity contribution in [3.8, 4) is 11.5 Å². The number of aliphatic hydroxyl groups excluding tert-OH is 1. The number of methoxy groups -OCH3 is 2. The lowest BCUT2D eigenvalue weighted by Crippen LogP contribution is -2.29. The number of hydrogen-bond donors (Lipinski definition) is 1. The van der Waals surface area contributed by atoms with Crippen LogP contribution in [0.25, 0.3) is 5.76 Å². The maximum atomic E-state index is 13.8. The van der Waals surface area contributed by atoms with Gasteiger partial charge in [-0.25, -0.2) is 4.39 Å². The number of pyridine rings is 1. The number of ketones is 1. The van der Waals surface area contributed by atoms with E-state index in [1.165, 1.54) is 55.8 Å². The average molecular weight is 469 g/mol. The van der Waals surface area contributed by atoms with E-state index in [0.717, 1.165) is 6.07 Å². The van der Waals surface area contributed by atoms with Gasteiger partial charge in [0.05, 0.1) is 30.9 Å². The fraction of sp³-hybridized carbons (Fsp3) is 0.125. The number of aliphatic hydroxyl groups is 1. The highest BCUT2D eigenvalue weighted by Gasteiger charge is 2.47. The van der Waals surface area contributed by atoms with E-state index >= 15 is 0 Å². The molecule has 1 saturated heterocycles. The molecule has 2 aromatic carbocycles. The second-order valence-corrected chi connectivity index (χ2v) is 7.53. The second kappa shape index (κ2) is 8.91. The average Bonchev–Trinajstić information content (AvgIpc) is 3.10. The fourth-order valence-corrected chi connectivity index (χ4v) is 3.91. The van der Waals surface area contributed by atoms with E-state index in [2.05, 4.69) is 4.98 Å². The molecule has 1 aromatic heterocycles. The first kappa shape index (κ1) is 22.3. The quantitative estimate of drug-likeness (QED) is 0.336. The summed E-state index contributed by atoms with van der Waals surface area (Å²) < 4.78 is 24.5. The smallest absolute Gasteiger partial charge is 0.300 e. The van der Waals surface area contributed by atoms with Crippen molar-refractivity contribution >= 4 is 34.7 Å². The number of rotatable bonds is 5. The first-order chi connectivity index (χ1) is 15.9. The van der Waals surface area contributed by atoms with Crippen molar-refractivity contribution in [2.24, 2.45) is 0 Å². The molecular formula is C24H18ClFN2O5. The highest BCUT2D eigenvalue weighted by molar-refractivity contribution is 6.51. The molecule has 1 N–H and O–H groups in total. The number of ether oxygens (including phenoxy) is 2. The van der Waals surface area contributed by atoms with E-state index in [1.807, 2.05) is 0 Å². The third-order valence-electron chi connectivity index (χ3n) is 5.30. The molecule has 2 heterocycles. The standard InChI is InChI=1S/C24H18ClFN2O5/c1-32-18-6-3-14(11-19(18)33-2)21-20(22(29)13-7-9-27-10-8-13)23(30)24(31)28(21)15-4-5-17(26)16(25)12-15/h3-12,21,29H,1-2H3/b22-20+. The van der Waals surface area contributed by atoms with Gasteiger partial charge in [-0.05, 0) is 48.0 Å². The minimum absolute atomic E-state index is 0.140. The zero-order valence-electron chi connectivity index (χ0n) is 17.6. The van der Waals surface area contributed by atoms with Gasteiger partial charge in [-0.2, -0.15) is 0 Å². The van der Waals surface area contributed by atoms with Crippen LogP contribution in [0.3, 0.4) is 0 Å². The Kier molecular flexibility index (Phi) is 6.02. The van der Waals surface area contributed by atoms with Crippen molar-refractivity contribution < 1.29 is 28.6 Å². The van der Waals surface area contributed by atoms with Crippen molar-refractivity contribution in [1.82, 2.24) is 4.98 Å². The van der Waals surface area contributed by atoms with Crippen molar-refractivity contribution in [3.05, 3.63) is 88.5 Å². The molecule has 9 heteroatoms. The molecule has 0 radical (unpaired) electrons. The van der Waals surface area contributed by atoms with Crippen LogP contribution in [-0.2, 0) is 9.59 Å². The molecule has 168 valence electrons. The van der Waals surface area contributed by atoms with Gasteiger partial charge in [-0.3, -0.25) is 19.5 Å². The number of halogens is 2. The maximum Gasteiger partial charge on any atom is 0.300 e. The predicted octanol–water partition coefficient (Wildman–Crippen LogP) is 4.52. The zero-order chi connectivity index (χ0) is 23.7. The van der Waals surface area contributed by atoms with E-state index in [-0.39, 0.29) is 22.0 Å². The summed E-state index contributed by atoms with van der Waals surface area (Å²) in [6.07, 6.45) is 2.91. The zero-order valence-corrected chi connectivity index (χ0v) is 18.3. The van der Waals surface area contributed by atoms with Crippen LogP contribution in [0.1, 0.15) is 17.2 Å². The summed E-state index contributed by atoms with van der Waals surface area (Å²) in [7, 11) is 2.93. The summed E-state index contributed by atoms with van der Waals surface area (Å²) in [4.78, 5) is 31.3. The van der Waals surface area contributed by atoms with Gasteiger partial charge in [0.1, 0.15) is 11.6 Å². The van der Waals surface area contributed by atoms with Crippen LogP contribution in [0.2, 0.25) is 5.02 Å². The number of carbonyl (C=O) groups excluding carboxylic acids is 2. The van der Waals surface area contributed by atoms with Gasteiger partial charge in [-0.15, -0.1) is 0 Å². The molecule has 0 saturated carbocycles. The van der Waals surface area contributed by atoms with Crippen LogP contribution in [0.15, 0.2) is 66.5 Å². The molecule has 1 fully saturated rings. The van der Waals surface area contributed by atoms with Crippen LogP contribution in [0.5, 0.6) is 11.5 Å². The van der Waals surface area contributed by atoms with Crippen LogP contribution < -0.4 is 14.4 Å². The highest BCUT2D eigenvalue weighted by Crippen LogP contribution is 2.44. The third-order valence-corrected chi connectivity index (χ3v) is 5.59. The van der Waals surface area contributed by atoms with Gasteiger partial charge in [-0.1, -0.05) is 17.7 Å². The minimum Gasteiger partial charge on any atom is -0.507 e. The van der Waals surface area contributed by atoms with E-state index < -0.39 is 23.5 Å². The van der Waals surface area contributed by atoms with Gasteiger partial charge in [0.25, 0.3) is 11.7 Å². The van der Waals surface area contributed by atoms with E-state index in [4.69, 9.17) is 21.1 Å². The molecule has 3 aromatic rings. The second-order valence-electron chi connectivity index (χ2n) is 7.12. The highest BCUT2D eigenvalue weighted by atomic mass is 35.5. The Morgan fingerprint density at radius 1 is 1.03 bits per heavy atom. The van der Waals surface area contributed by atoms with Crippen molar-refractivity contribution in [2.45, 2.75) is 6.04 Å². The Bertz CT molecular complexity index is 1280. The molecule has 0 spiro atoms. The molecule has 1 aliphatic heterocycles. The summed E-state index contributed by atoms with van der Waals surface area (Å²) in [5.74, 6) is -2.03. The third kappa shape index (κ3) is 3.89. The number of Topliss-reactive ketones (excluding diaryl/α,β-unsaturated/α-hetero) is 1. The van der Waals surface area contributed by atoms with Gasteiger partial charge in [0, 0.05) is 23.6 Å². The molecule has 1 amide bonds. The number of nitrogens with zero attached hydrogens (tertiary/aromatic N) is 2. The first-order valence-electron chi connectivity index (χ1n) is 9.75. The predicted molar refractivity (Wildman–Crippen MR) is 120 cm³/mol. The van der Waals surface area contributed by atoms with Gasteiger partial charge < -0.3 is 14.6 Å². The summed E-state index contributed by atoms with van der Waals surface area (Å²) in [5, 5.41) is 10.8. The van der Waals surface area contributed by atoms with Gasteiger partial charge >= 0.3 is 0 Å². The summed E-state index contributed by atoms with van der Waals surface area (Å²) >= 11 is 5.95. The van der Waals surface area contributed by atoms with E-state index in [0.29, 0.717) is 22.6 Å². The molecule has 1 atom stereocenters. The summed E-state index contributed by atoms with van der Waals surface area (Å²) in [6.45, 7) is 0. The Hall–Kier alpha value is -3.91. The summed E-state index contributed by atoms with van der Waals surface area (Å²) in [5.41, 5.74) is 0.824. The Morgan fingerprint density at radius 2 is 1.73 bits per heavy atom. The minimum atomic E-state index is -1.04. The molecule has 33 heavy (non-hydrogen) atoms. The van der Waals surface area contributed by atoms with Crippen molar-refractivity contribution in [1.29, 1.82) is 0 Å². The van der Waals surface area contributed by atoms with Gasteiger partial charge in [0.15, 0.2) is 11.5 Å². The molecule has 1 unspecified atom stereocenters. The molecule has 0 bridgehead atoms. The van der Waals surface area contributed by atoms with Crippen molar-refractivity contribution in [3.63, 3.8) is 0 Å².